The molecule has 0 aliphatic carbocycles. The maximum Gasteiger partial charge on any atom is 0.161 e. The Morgan fingerprint density at radius 3 is 1.81 bits per heavy atom. The Kier molecular flexibility index (Phi) is 18.5. The summed E-state index contributed by atoms with van der Waals surface area (Å²) in [5.74, 6) is 1.56. The number of nitrogens with one attached hydrogen (secondary N) is 1. The van der Waals surface area contributed by atoms with E-state index < -0.39 is 0 Å². The third kappa shape index (κ3) is 15.2. The van der Waals surface area contributed by atoms with E-state index in [1.807, 2.05) is 6.07 Å². The van der Waals surface area contributed by atoms with Crippen molar-refractivity contribution in [3.8, 4) is 11.5 Å². The van der Waals surface area contributed by atoms with Gasteiger partial charge < -0.3 is 19.5 Å². The highest BCUT2D eigenvalue weighted by molar-refractivity contribution is 5.42. The van der Waals surface area contributed by atoms with E-state index in [1.54, 1.807) is 14.2 Å². The van der Waals surface area contributed by atoms with Crippen molar-refractivity contribution in [2.75, 3.05) is 34.0 Å². The minimum absolute atomic E-state index is 0.531. The lowest BCUT2D eigenvalue weighted by Gasteiger charge is -2.12. The van der Waals surface area contributed by atoms with E-state index in [0.717, 1.165) is 24.6 Å². The average Bonchev–Trinajstić information content (AvgIpc) is 2.79. The van der Waals surface area contributed by atoms with Gasteiger partial charge in [-0.2, -0.15) is 0 Å². The van der Waals surface area contributed by atoms with Gasteiger partial charge in [0.25, 0.3) is 0 Å². The number of hydrogen-bond acceptors (Lipinski definition) is 4. The fraction of sp³-hybridized carbons (Fsp3) is 0.778. The van der Waals surface area contributed by atoms with E-state index in [1.165, 1.54) is 95.5 Å². The zero-order valence-electron chi connectivity index (χ0n) is 20.7. The Balaban J connectivity index is 1.95. The molecule has 0 unspecified atom stereocenters. The molecule has 0 saturated carbocycles. The molecule has 0 aromatic heterocycles. The van der Waals surface area contributed by atoms with Crippen LogP contribution in [0, 0.1) is 0 Å². The third-order valence-electron chi connectivity index (χ3n) is 5.81. The van der Waals surface area contributed by atoms with E-state index in [2.05, 4.69) is 24.4 Å². The van der Waals surface area contributed by atoms with Gasteiger partial charge in [0.1, 0.15) is 6.61 Å². The van der Waals surface area contributed by atoms with Gasteiger partial charge in [-0.05, 0) is 30.7 Å². The largest absolute Gasteiger partial charge is 0.493 e. The van der Waals surface area contributed by atoms with Gasteiger partial charge in [-0.1, -0.05) is 96.5 Å². The molecule has 1 aromatic rings. The predicted octanol–water partition coefficient (Wildman–Crippen LogP) is 7.29. The highest BCUT2D eigenvalue weighted by Crippen LogP contribution is 2.28. The molecular formula is C27H49NO3. The van der Waals surface area contributed by atoms with Crippen LogP contribution in [0.25, 0.3) is 0 Å². The molecule has 0 fully saturated rings. The molecule has 31 heavy (non-hydrogen) atoms. The van der Waals surface area contributed by atoms with Crippen molar-refractivity contribution >= 4 is 0 Å². The van der Waals surface area contributed by atoms with Gasteiger partial charge in [0, 0.05) is 13.7 Å². The van der Waals surface area contributed by atoms with Gasteiger partial charge in [-0.25, -0.2) is 0 Å². The highest BCUT2D eigenvalue weighted by Gasteiger charge is 2.05. The molecule has 0 saturated heterocycles. The minimum Gasteiger partial charge on any atom is -0.493 e. The van der Waals surface area contributed by atoms with Gasteiger partial charge in [-0.15, -0.1) is 0 Å². The van der Waals surface area contributed by atoms with E-state index in [9.17, 15) is 0 Å². The molecule has 1 aromatic carbocycles. The second-order valence-corrected chi connectivity index (χ2v) is 8.60. The fourth-order valence-corrected chi connectivity index (χ4v) is 3.85. The van der Waals surface area contributed by atoms with Crippen molar-refractivity contribution in [1.82, 2.24) is 5.32 Å². The van der Waals surface area contributed by atoms with Crippen LogP contribution in [0.5, 0.6) is 11.5 Å². The zero-order valence-corrected chi connectivity index (χ0v) is 20.7. The zero-order chi connectivity index (χ0) is 22.4. The molecule has 0 spiro atoms. The predicted molar refractivity (Wildman–Crippen MR) is 132 cm³/mol. The summed E-state index contributed by atoms with van der Waals surface area (Å²) in [5.41, 5.74) is 1.22. The molecule has 0 aliphatic heterocycles. The molecule has 0 atom stereocenters. The number of rotatable bonds is 22. The van der Waals surface area contributed by atoms with Gasteiger partial charge >= 0.3 is 0 Å². The van der Waals surface area contributed by atoms with Gasteiger partial charge in [0.2, 0.25) is 0 Å². The molecule has 1 rings (SSSR count). The highest BCUT2D eigenvalue weighted by atomic mass is 16.5. The quantitative estimate of drug-likeness (QED) is 0.194. The molecule has 4 nitrogen and oxygen atoms in total. The Labute approximate surface area is 192 Å². The summed E-state index contributed by atoms with van der Waals surface area (Å²) < 4.78 is 16.2. The fourth-order valence-electron chi connectivity index (χ4n) is 3.85. The number of benzene rings is 1. The number of hydrogen-bond donors (Lipinski definition) is 1. The van der Waals surface area contributed by atoms with Gasteiger partial charge in [0.15, 0.2) is 11.5 Å². The topological polar surface area (TPSA) is 39.7 Å². The monoisotopic (exact) mass is 435 g/mol. The Morgan fingerprint density at radius 2 is 1.26 bits per heavy atom. The maximum atomic E-state index is 5.69. The van der Waals surface area contributed by atoms with Crippen LogP contribution in [0.2, 0.25) is 0 Å². The molecule has 4 heteroatoms. The van der Waals surface area contributed by atoms with Crippen molar-refractivity contribution in [3.63, 3.8) is 0 Å². The standard InChI is InChI=1S/C27H49NO3/c1-4-5-6-7-8-9-10-11-12-13-14-15-16-17-20-28-24-25-18-19-26(27(23-25)30-3)31-22-21-29-2/h18-19,23,28H,4-17,20-22,24H2,1-3H3. The maximum absolute atomic E-state index is 5.69. The summed E-state index contributed by atoms with van der Waals surface area (Å²) in [6, 6.07) is 6.14. The van der Waals surface area contributed by atoms with Gasteiger partial charge in [0.05, 0.1) is 13.7 Å². The van der Waals surface area contributed by atoms with Gasteiger partial charge in [-0.3, -0.25) is 0 Å². The summed E-state index contributed by atoms with van der Waals surface area (Å²) in [6.45, 7) is 5.34. The third-order valence-corrected chi connectivity index (χ3v) is 5.81. The minimum atomic E-state index is 0.531. The summed E-state index contributed by atoms with van der Waals surface area (Å²) in [4.78, 5) is 0. The van der Waals surface area contributed by atoms with Crippen molar-refractivity contribution < 1.29 is 14.2 Å². The SMILES string of the molecule is CCCCCCCCCCCCCCCCNCc1ccc(OCCOC)c(OC)c1. The summed E-state index contributed by atoms with van der Waals surface area (Å²) in [7, 11) is 3.36. The van der Waals surface area contributed by atoms with Crippen LogP contribution in [0.15, 0.2) is 18.2 Å². The number of unbranched alkanes of at least 4 members (excludes halogenated alkanes) is 13. The lowest BCUT2D eigenvalue weighted by atomic mass is 10.0. The van der Waals surface area contributed by atoms with Crippen molar-refractivity contribution in [1.29, 1.82) is 0 Å². The van der Waals surface area contributed by atoms with Crippen LogP contribution in [0.1, 0.15) is 102 Å². The van der Waals surface area contributed by atoms with Crippen LogP contribution in [-0.4, -0.2) is 34.0 Å². The first-order chi connectivity index (χ1) is 15.3. The molecule has 0 radical (unpaired) electrons. The summed E-state index contributed by atoms with van der Waals surface area (Å²) >= 11 is 0. The first-order valence-electron chi connectivity index (χ1n) is 12.8. The Hall–Kier alpha value is -1.26. The molecule has 0 amide bonds. The first kappa shape index (κ1) is 27.8. The first-order valence-corrected chi connectivity index (χ1v) is 12.8. The van der Waals surface area contributed by atoms with Crippen molar-refractivity contribution in [2.45, 2.75) is 103 Å². The summed E-state index contributed by atoms with van der Waals surface area (Å²) in [5, 5.41) is 3.55. The van der Waals surface area contributed by atoms with Crippen molar-refractivity contribution in [2.24, 2.45) is 0 Å². The Bertz CT molecular complexity index is 521. The van der Waals surface area contributed by atoms with E-state index in [4.69, 9.17) is 14.2 Å². The second-order valence-electron chi connectivity index (χ2n) is 8.60. The van der Waals surface area contributed by atoms with E-state index >= 15 is 0 Å². The lowest BCUT2D eigenvalue weighted by Crippen LogP contribution is -2.14. The van der Waals surface area contributed by atoms with Crippen LogP contribution in [-0.2, 0) is 11.3 Å². The number of ether oxygens (including phenoxy) is 3. The molecule has 0 bridgehead atoms. The molecule has 1 N–H and O–H groups in total. The summed E-state index contributed by atoms with van der Waals surface area (Å²) in [6.07, 6.45) is 19.7. The van der Waals surface area contributed by atoms with Crippen molar-refractivity contribution in [3.05, 3.63) is 23.8 Å². The van der Waals surface area contributed by atoms with E-state index in [-0.39, 0.29) is 0 Å². The van der Waals surface area contributed by atoms with Crippen LogP contribution in [0.3, 0.4) is 0 Å². The Morgan fingerprint density at radius 1 is 0.677 bits per heavy atom. The molecule has 0 aliphatic rings. The number of methoxy groups -OCH3 is 2. The lowest BCUT2D eigenvalue weighted by molar-refractivity contribution is 0.144. The smallest absolute Gasteiger partial charge is 0.161 e. The normalized spacial score (nSPS) is 11.1. The molecule has 180 valence electrons. The van der Waals surface area contributed by atoms with E-state index in [0.29, 0.717) is 13.2 Å². The molecular weight excluding hydrogens is 386 g/mol. The van der Waals surface area contributed by atoms with Crippen LogP contribution >= 0.6 is 0 Å². The average molecular weight is 436 g/mol. The second kappa shape index (κ2) is 20.6. The van der Waals surface area contributed by atoms with Crippen LogP contribution in [0.4, 0.5) is 0 Å². The molecule has 0 heterocycles. The van der Waals surface area contributed by atoms with Crippen LogP contribution < -0.4 is 14.8 Å².